The highest BCUT2D eigenvalue weighted by molar-refractivity contribution is 5.89. The van der Waals surface area contributed by atoms with Crippen molar-refractivity contribution in [1.29, 1.82) is 0 Å². The lowest BCUT2D eigenvalue weighted by atomic mass is 10.1. The number of carbonyl (C=O) groups is 3. The van der Waals surface area contributed by atoms with Gasteiger partial charge in [-0.15, -0.1) is 0 Å². The number of allylic oxidation sites excluding steroid dienone is 2. The number of aromatic nitrogens is 1. The average Bonchev–Trinajstić information content (AvgIpc) is 3.61. The van der Waals surface area contributed by atoms with Gasteiger partial charge >= 0.3 is 11.9 Å². The number of rotatable bonds is 9. The molecule has 41 heavy (non-hydrogen) atoms. The molecule has 0 bridgehead atoms. The lowest BCUT2D eigenvalue weighted by molar-refractivity contribution is -0.137. The molecule has 2 atom stereocenters. The van der Waals surface area contributed by atoms with Crippen molar-refractivity contribution in [2.24, 2.45) is 0 Å². The molecule has 9 heteroatoms. The lowest BCUT2D eigenvalue weighted by Gasteiger charge is -2.15. The van der Waals surface area contributed by atoms with E-state index in [1.165, 1.54) is 34.4 Å². The number of pyridine rings is 1. The molecule has 2 aliphatic rings. The second kappa shape index (κ2) is 13.9. The minimum absolute atomic E-state index is 0.0528. The smallest absolute Gasteiger partial charge is 0.341 e. The van der Waals surface area contributed by atoms with Crippen molar-refractivity contribution in [2.75, 3.05) is 13.7 Å². The topological polar surface area (TPSA) is 124 Å². The molecule has 212 valence electrons. The SMILES string of the molecule is COC(=O)/C(=C/C=C/N[C@@H]1CCc2ccccc21)COC=O.O=C(O)c1cccn(C2CCc3ccccc32)c1=O. The van der Waals surface area contributed by atoms with Crippen molar-refractivity contribution in [3.8, 4) is 0 Å². The molecule has 9 nitrogen and oxygen atoms in total. The largest absolute Gasteiger partial charge is 0.477 e. The summed E-state index contributed by atoms with van der Waals surface area (Å²) < 4.78 is 10.8. The minimum atomic E-state index is -1.18. The van der Waals surface area contributed by atoms with Crippen molar-refractivity contribution in [3.63, 3.8) is 0 Å². The van der Waals surface area contributed by atoms with Crippen molar-refractivity contribution in [2.45, 2.75) is 37.8 Å². The van der Waals surface area contributed by atoms with Crippen LogP contribution in [0.3, 0.4) is 0 Å². The number of hydrogen-bond acceptors (Lipinski definition) is 7. The number of nitrogens with one attached hydrogen (secondary N) is 1. The highest BCUT2D eigenvalue weighted by Gasteiger charge is 2.25. The molecule has 0 fully saturated rings. The first kappa shape index (κ1) is 29.1. The Kier molecular flexibility index (Phi) is 9.88. The Morgan fingerprint density at radius 3 is 2.39 bits per heavy atom. The zero-order valence-corrected chi connectivity index (χ0v) is 22.7. The monoisotopic (exact) mass is 556 g/mol. The summed E-state index contributed by atoms with van der Waals surface area (Å²) in [5.41, 5.74) is 4.71. The normalized spacial score (nSPS) is 17.1. The van der Waals surface area contributed by atoms with Gasteiger partial charge in [-0.1, -0.05) is 48.5 Å². The predicted molar refractivity (Wildman–Crippen MR) is 152 cm³/mol. The van der Waals surface area contributed by atoms with Crippen LogP contribution >= 0.6 is 0 Å². The molecule has 1 aromatic heterocycles. The zero-order valence-electron chi connectivity index (χ0n) is 22.7. The van der Waals surface area contributed by atoms with Gasteiger partial charge in [0.25, 0.3) is 12.0 Å². The summed E-state index contributed by atoms with van der Waals surface area (Å²) in [4.78, 5) is 44.9. The maximum absolute atomic E-state index is 12.2. The van der Waals surface area contributed by atoms with Gasteiger partial charge in [-0.3, -0.25) is 9.59 Å². The minimum Gasteiger partial charge on any atom is -0.477 e. The van der Waals surface area contributed by atoms with Gasteiger partial charge in [0.05, 0.1) is 24.8 Å². The van der Waals surface area contributed by atoms with Gasteiger partial charge in [-0.2, -0.15) is 0 Å². The second-order valence-corrected chi connectivity index (χ2v) is 9.60. The molecule has 2 aromatic carbocycles. The van der Waals surface area contributed by atoms with Gasteiger partial charge in [0.1, 0.15) is 12.2 Å². The number of carboxylic acids is 1. The van der Waals surface area contributed by atoms with Gasteiger partial charge in [0.2, 0.25) is 0 Å². The standard InChI is InChI=1S/C17H19NO4.C15H13NO3/c1-21-17(20)14(11-22-12-19)6-4-10-18-16-9-8-13-5-2-3-7-15(13)16;17-14-12(15(18)19)6-3-9-16(14)13-8-7-10-4-1-2-5-11(10)13/h2-7,10,12,16,18H,8-9,11H2,1H3;1-6,9,13H,7-8H2,(H,18,19)/b10-4+,14-6+;/t16-;/m1./s1. The van der Waals surface area contributed by atoms with Crippen molar-refractivity contribution < 1.29 is 29.0 Å². The first-order valence-corrected chi connectivity index (χ1v) is 13.3. The fraction of sp³-hybridized carbons (Fsp3) is 0.250. The summed E-state index contributed by atoms with van der Waals surface area (Å²) in [6.07, 6.45) is 10.6. The van der Waals surface area contributed by atoms with Crippen LogP contribution in [0.2, 0.25) is 0 Å². The van der Waals surface area contributed by atoms with E-state index in [-0.39, 0.29) is 29.8 Å². The number of nitrogens with zero attached hydrogens (tertiary/aromatic N) is 1. The molecule has 0 radical (unpaired) electrons. The number of ether oxygens (including phenoxy) is 2. The van der Waals surface area contributed by atoms with E-state index in [1.807, 2.05) is 24.3 Å². The van der Waals surface area contributed by atoms with Crippen LogP contribution in [0.5, 0.6) is 0 Å². The zero-order chi connectivity index (χ0) is 29.2. The maximum Gasteiger partial charge on any atom is 0.341 e. The number of benzene rings is 2. The quantitative estimate of drug-likeness (QED) is 0.175. The van der Waals surface area contributed by atoms with Crippen molar-refractivity contribution in [3.05, 3.63) is 129 Å². The van der Waals surface area contributed by atoms with E-state index < -0.39 is 17.5 Å². The molecule has 5 rings (SSSR count). The predicted octanol–water partition coefficient (Wildman–Crippen LogP) is 4.13. The summed E-state index contributed by atoms with van der Waals surface area (Å²) in [5, 5.41) is 12.3. The molecule has 2 aliphatic carbocycles. The molecule has 0 aliphatic heterocycles. The Bertz CT molecular complexity index is 1520. The van der Waals surface area contributed by atoms with Crippen LogP contribution < -0.4 is 10.9 Å². The van der Waals surface area contributed by atoms with Crippen molar-refractivity contribution >= 4 is 18.4 Å². The van der Waals surface area contributed by atoms with Crippen molar-refractivity contribution in [1.82, 2.24) is 9.88 Å². The van der Waals surface area contributed by atoms with Gasteiger partial charge in [-0.25, -0.2) is 9.59 Å². The third-order valence-corrected chi connectivity index (χ3v) is 7.22. The number of carbonyl (C=O) groups excluding carboxylic acids is 2. The molecule has 2 N–H and O–H groups in total. The first-order chi connectivity index (χ1) is 19.9. The van der Waals surface area contributed by atoms with Gasteiger partial charge in [-0.05, 0) is 78.4 Å². The van der Waals surface area contributed by atoms with Gasteiger partial charge in [0.15, 0.2) is 0 Å². The van der Waals surface area contributed by atoms with E-state index in [9.17, 15) is 19.2 Å². The molecule has 0 amide bonds. The van der Waals surface area contributed by atoms with E-state index in [0.717, 1.165) is 31.2 Å². The summed E-state index contributed by atoms with van der Waals surface area (Å²) in [6.45, 7) is 0.195. The second-order valence-electron chi connectivity index (χ2n) is 9.60. The van der Waals surface area contributed by atoms with Crippen LogP contribution in [0, 0.1) is 0 Å². The molecule has 1 unspecified atom stereocenters. The summed E-state index contributed by atoms with van der Waals surface area (Å²) >= 11 is 0. The van der Waals surface area contributed by atoms with E-state index in [1.54, 1.807) is 30.6 Å². The van der Waals surface area contributed by atoms with E-state index in [0.29, 0.717) is 6.47 Å². The van der Waals surface area contributed by atoms with Crippen LogP contribution in [0.15, 0.2) is 95.6 Å². The fourth-order valence-electron chi connectivity index (χ4n) is 5.24. The van der Waals surface area contributed by atoms with E-state index in [4.69, 9.17) is 5.11 Å². The Balaban J connectivity index is 0.000000191. The van der Waals surface area contributed by atoms with Crippen LogP contribution in [0.25, 0.3) is 0 Å². The Morgan fingerprint density at radius 1 is 1.00 bits per heavy atom. The third kappa shape index (κ3) is 7.00. The Morgan fingerprint density at radius 2 is 1.68 bits per heavy atom. The molecule has 0 saturated carbocycles. The molecule has 0 spiro atoms. The number of aromatic carboxylic acids is 1. The number of hydrogen-bond donors (Lipinski definition) is 2. The van der Waals surface area contributed by atoms with Crippen LogP contribution in [0.4, 0.5) is 0 Å². The van der Waals surface area contributed by atoms with Gasteiger partial charge < -0.3 is 24.5 Å². The number of fused-ring (bicyclic) bond motifs is 2. The van der Waals surface area contributed by atoms with E-state index in [2.05, 4.69) is 39.1 Å². The Hall–Kier alpha value is -4.92. The van der Waals surface area contributed by atoms with Crippen LogP contribution in [-0.4, -0.2) is 41.8 Å². The number of esters is 1. The average molecular weight is 557 g/mol. The van der Waals surface area contributed by atoms with Gasteiger partial charge in [0, 0.05) is 6.20 Å². The molecular formula is C32H32N2O7. The summed E-state index contributed by atoms with van der Waals surface area (Å²) in [5.74, 6) is -1.69. The Labute approximate surface area is 237 Å². The molecule has 1 heterocycles. The van der Waals surface area contributed by atoms with Crippen LogP contribution in [-0.2, 0) is 31.9 Å². The highest BCUT2D eigenvalue weighted by Crippen LogP contribution is 2.33. The molecular weight excluding hydrogens is 524 g/mol. The molecule has 0 saturated heterocycles. The highest BCUT2D eigenvalue weighted by atomic mass is 16.5. The maximum atomic E-state index is 12.2. The number of aryl methyl sites for hydroxylation is 2. The third-order valence-electron chi connectivity index (χ3n) is 7.22. The summed E-state index contributed by atoms with van der Waals surface area (Å²) in [6, 6.07) is 19.6. The summed E-state index contributed by atoms with van der Waals surface area (Å²) in [7, 11) is 1.29. The number of methoxy groups -OCH3 is 1. The van der Waals surface area contributed by atoms with E-state index >= 15 is 0 Å². The fourth-order valence-corrected chi connectivity index (χ4v) is 5.24. The molecule has 3 aromatic rings. The number of carboxylic acid groups (broad SMARTS) is 1. The lowest BCUT2D eigenvalue weighted by Crippen LogP contribution is -2.28. The first-order valence-electron chi connectivity index (χ1n) is 13.3. The van der Waals surface area contributed by atoms with Crippen LogP contribution in [0.1, 0.15) is 57.5 Å².